The molecule has 0 radical (unpaired) electrons. The zero-order valence-electron chi connectivity index (χ0n) is 15.3. The predicted octanol–water partition coefficient (Wildman–Crippen LogP) is 3.64. The molecule has 0 aliphatic heterocycles. The van der Waals surface area contributed by atoms with Gasteiger partial charge in [0.1, 0.15) is 11.6 Å². The molecule has 0 spiro atoms. The number of fused-ring (bicyclic) bond motifs is 1. The Morgan fingerprint density at radius 1 is 1.25 bits per heavy atom. The molecule has 1 aliphatic rings. The number of benzene rings is 2. The van der Waals surface area contributed by atoms with Crippen molar-refractivity contribution in [1.29, 1.82) is 0 Å². The molecular formula is C19H17ClFNO5S. The van der Waals surface area contributed by atoms with Crippen molar-refractivity contribution >= 4 is 33.4 Å². The molecule has 0 fully saturated rings. The lowest BCUT2D eigenvalue weighted by molar-refractivity contribution is 0.0732. The fraction of sp³-hybridized carbons (Fsp3) is 0.263. The summed E-state index contributed by atoms with van der Waals surface area (Å²) in [5.74, 6) is -2.20. The van der Waals surface area contributed by atoms with Gasteiger partial charge in [-0.15, -0.1) is 0 Å². The number of sulfonamides is 1. The second kappa shape index (κ2) is 7.27. The summed E-state index contributed by atoms with van der Waals surface area (Å²) in [5.41, 5.74) is 0.0699. The summed E-state index contributed by atoms with van der Waals surface area (Å²) >= 11 is 6.05. The largest absolute Gasteiger partial charge is 0.422 e. The van der Waals surface area contributed by atoms with Crippen molar-refractivity contribution in [2.45, 2.75) is 24.2 Å². The molecule has 1 atom stereocenters. The van der Waals surface area contributed by atoms with Crippen molar-refractivity contribution in [3.8, 4) is 5.75 Å². The third-order valence-electron chi connectivity index (χ3n) is 4.56. The van der Waals surface area contributed by atoms with Crippen molar-refractivity contribution in [2.75, 3.05) is 14.1 Å². The molecule has 0 N–H and O–H groups in total. The van der Waals surface area contributed by atoms with E-state index in [2.05, 4.69) is 0 Å². The van der Waals surface area contributed by atoms with E-state index >= 15 is 0 Å². The number of hydrogen-bond acceptors (Lipinski definition) is 5. The van der Waals surface area contributed by atoms with Crippen molar-refractivity contribution in [3.05, 3.63) is 57.9 Å². The van der Waals surface area contributed by atoms with Gasteiger partial charge < -0.3 is 4.74 Å². The molecule has 28 heavy (non-hydrogen) atoms. The highest BCUT2D eigenvalue weighted by molar-refractivity contribution is 7.89. The van der Waals surface area contributed by atoms with Gasteiger partial charge in [0.15, 0.2) is 5.78 Å². The molecule has 148 valence electrons. The molecule has 9 heteroatoms. The lowest BCUT2D eigenvalue weighted by Crippen LogP contribution is -2.22. The van der Waals surface area contributed by atoms with E-state index in [1.165, 1.54) is 32.3 Å². The first-order valence-electron chi connectivity index (χ1n) is 8.34. The van der Waals surface area contributed by atoms with Crippen LogP contribution in [0, 0.1) is 5.82 Å². The summed E-state index contributed by atoms with van der Waals surface area (Å²) in [7, 11) is -1.08. The Balaban J connectivity index is 2.01. The minimum absolute atomic E-state index is 0.0128. The van der Waals surface area contributed by atoms with Crippen LogP contribution in [0.3, 0.4) is 0 Å². The highest BCUT2D eigenvalue weighted by Gasteiger charge is 2.33. The topological polar surface area (TPSA) is 80.8 Å². The fourth-order valence-corrected chi connectivity index (χ4v) is 4.22. The second-order valence-electron chi connectivity index (χ2n) is 6.68. The average Bonchev–Trinajstić information content (AvgIpc) is 2.92. The maximum absolute atomic E-state index is 14.1. The van der Waals surface area contributed by atoms with Crippen LogP contribution in [0.25, 0.3) is 0 Å². The van der Waals surface area contributed by atoms with Gasteiger partial charge in [0.25, 0.3) is 0 Å². The second-order valence-corrected chi connectivity index (χ2v) is 9.24. The Kier molecular flexibility index (Phi) is 5.31. The summed E-state index contributed by atoms with van der Waals surface area (Å²) in [6.45, 7) is 1.71. The van der Waals surface area contributed by atoms with Crippen LogP contribution >= 0.6 is 11.6 Å². The van der Waals surface area contributed by atoms with Gasteiger partial charge in [-0.05, 0) is 36.2 Å². The monoisotopic (exact) mass is 425 g/mol. The average molecular weight is 426 g/mol. The SMILES string of the molecule is CC1CC(=O)c2c(OC(=O)c3cc(S(=O)(=O)N(C)C)ccc3Cl)ccc(F)c21. The van der Waals surface area contributed by atoms with Crippen LogP contribution in [-0.4, -0.2) is 38.6 Å². The molecule has 0 saturated heterocycles. The van der Waals surface area contributed by atoms with Gasteiger partial charge in [-0.3, -0.25) is 4.79 Å². The number of nitrogens with zero attached hydrogens (tertiary/aromatic N) is 1. The smallest absolute Gasteiger partial charge is 0.345 e. The number of ether oxygens (including phenoxy) is 1. The molecule has 0 saturated carbocycles. The first kappa shape index (κ1) is 20.4. The van der Waals surface area contributed by atoms with E-state index in [0.717, 1.165) is 16.4 Å². The van der Waals surface area contributed by atoms with Crippen molar-refractivity contribution in [3.63, 3.8) is 0 Å². The van der Waals surface area contributed by atoms with E-state index in [-0.39, 0.29) is 50.5 Å². The van der Waals surface area contributed by atoms with Gasteiger partial charge >= 0.3 is 5.97 Å². The van der Waals surface area contributed by atoms with Gasteiger partial charge in [-0.1, -0.05) is 18.5 Å². The van der Waals surface area contributed by atoms with E-state index in [9.17, 15) is 22.4 Å². The number of halogens is 2. The Morgan fingerprint density at radius 2 is 1.93 bits per heavy atom. The summed E-state index contributed by atoms with van der Waals surface area (Å²) in [4.78, 5) is 24.7. The third-order valence-corrected chi connectivity index (χ3v) is 6.70. The predicted molar refractivity (Wildman–Crippen MR) is 101 cm³/mol. The first-order chi connectivity index (χ1) is 13.0. The number of esters is 1. The van der Waals surface area contributed by atoms with Crippen LogP contribution in [0.4, 0.5) is 4.39 Å². The molecule has 2 aromatic carbocycles. The van der Waals surface area contributed by atoms with Crippen LogP contribution in [-0.2, 0) is 10.0 Å². The minimum Gasteiger partial charge on any atom is -0.422 e. The summed E-state index contributed by atoms with van der Waals surface area (Å²) < 4.78 is 45.0. The standard InChI is InChI=1S/C19H17ClFNO5S/c1-10-8-15(23)18-16(7-6-14(21)17(10)18)27-19(24)12-9-11(4-5-13(12)20)28(25,26)22(2)3/h4-7,9-10H,8H2,1-3H3. The zero-order valence-corrected chi connectivity index (χ0v) is 16.9. The van der Waals surface area contributed by atoms with E-state index in [1.807, 2.05) is 0 Å². The number of carbonyl (C=O) groups is 2. The molecule has 0 heterocycles. The van der Waals surface area contributed by atoms with E-state index in [0.29, 0.717) is 0 Å². The van der Waals surface area contributed by atoms with Crippen molar-refractivity contribution in [1.82, 2.24) is 4.31 Å². The summed E-state index contributed by atoms with van der Waals surface area (Å²) in [6, 6.07) is 5.99. The van der Waals surface area contributed by atoms with Crippen LogP contribution in [0.15, 0.2) is 35.2 Å². The van der Waals surface area contributed by atoms with Crippen LogP contribution in [0.5, 0.6) is 5.75 Å². The number of Topliss-reactive ketones (excluding diaryl/α,β-unsaturated/α-hetero) is 1. The molecular weight excluding hydrogens is 409 g/mol. The highest BCUT2D eigenvalue weighted by atomic mass is 35.5. The molecule has 2 aromatic rings. The molecule has 0 aromatic heterocycles. The number of carbonyl (C=O) groups excluding carboxylic acids is 2. The lowest BCUT2D eigenvalue weighted by Gasteiger charge is -2.14. The maximum Gasteiger partial charge on any atom is 0.345 e. The Morgan fingerprint density at radius 3 is 2.57 bits per heavy atom. The zero-order chi connectivity index (χ0) is 20.8. The van der Waals surface area contributed by atoms with Crippen LogP contribution < -0.4 is 4.74 Å². The molecule has 0 amide bonds. The van der Waals surface area contributed by atoms with Gasteiger partial charge in [-0.25, -0.2) is 21.9 Å². The molecule has 1 aliphatic carbocycles. The summed E-state index contributed by atoms with van der Waals surface area (Å²) in [6.07, 6.45) is 0.123. The van der Waals surface area contributed by atoms with Gasteiger partial charge in [-0.2, -0.15) is 0 Å². The third kappa shape index (κ3) is 3.43. The number of hydrogen-bond donors (Lipinski definition) is 0. The summed E-state index contributed by atoms with van der Waals surface area (Å²) in [5, 5.41) is -0.0128. The normalized spacial score (nSPS) is 16.4. The van der Waals surface area contributed by atoms with Gasteiger partial charge in [0.2, 0.25) is 10.0 Å². The fourth-order valence-electron chi connectivity index (χ4n) is 3.10. The lowest BCUT2D eigenvalue weighted by atomic mass is 10.0. The molecule has 3 rings (SSSR count). The Hall–Kier alpha value is -2.29. The number of rotatable bonds is 4. The van der Waals surface area contributed by atoms with Gasteiger partial charge in [0.05, 0.1) is 21.0 Å². The van der Waals surface area contributed by atoms with E-state index in [1.54, 1.807) is 6.92 Å². The minimum atomic E-state index is -3.79. The maximum atomic E-state index is 14.1. The van der Waals surface area contributed by atoms with Gasteiger partial charge in [0, 0.05) is 26.1 Å². The Labute approximate surface area is 166 Å². The van der Waals surface area contributed by atoms with Crippen molar-refractivity contribution in [2.24, 2.45) is 0 Å². The molecule has 6 nitrogen and oxygen atoms in total. The first-order valence-corrected chi connectivity index (χ1v) is 10.2. The molecule has 0 bridgehead atoms. The highest BCUT2D eigenvalue weighted by Crippen LogP contribution is 2.40. The van der Waals surface area contributed by atoms with Crippen LogP contribution in [0.1, 0.15) is 45.5 Å². The quantitative estimate of drug-likeness (QED) is 0.552. The van der Waals surface area contributed by atoms with Crippen LogP contribution in [0.2, 0.25) is 5.02 Å². The van der Waals surface area contributed by atoms with Crippen molar-refractivity contribution < 1.29 is 27.1 Å². The van der Waals surface area contributed by atoms with E-state index in [4.69, 9.17) is 16.3 Å². The Bertz CT molecular complexity index is 1100. The van der Waals surface area contributed by atoms with E-state index < -0.39 is 21.8 Å². The number of ketones is 1. The molecule has 1 unspecified atom stereocenters.